The number of halogens is 3. The van der Waals surface area contributed by atoms with Crippen molar-refractivity contribution in [2.75, 3.05) is 0 Å². The van der Waals surface area contributed by atoms with Gasteiger partial charge in [-0.1, -0.05) is 0 Å². The van der Waals surface area contributed by atoms with E-state index in [1.54, 1.807) is 4.57 Å². The molecule has 0 radical (unpaired) electrons. The zero-order valence-corrected chi connectivity index (χ0v) is 11.1. The third-order valence-corrected chi connectivity index (χ3v) is 3.23. The third-order valence-electron chi connectivity index (χ3n) is 2.91. The molecule has 0 atom stereocenters. The third kappa shape index (κ3) is 3.01. The van der Waals surface area contributed by atoms with Crippen LogP contribution < -0.4 is 5.73 Å². The first-order valence-electron chi connectivity index (χ1n) is 5.87. The summed E-state index contributed by atoms with van der Waals surface area (Å²) in [6, 6.07) is 3.40. The van der Waals surface area contributed by atoms with Crippen molar-refractivity contribution in [3.63, 3.8) is 0 Å². The lowest BCUT2D eigenvalue weighted by Crippen LogP contribution is -2.11. The second-order valence-corrected chi connectivity index (χ2v) is 4.77. The van der Waals surface area contributed by atoms with Gasteiger partial charge in [0.2, 0.25) is 5.91 Å². The number of nitrogens with two attached hydrogens (primary N) is 1. The molecule has 20 heavy (non-hydrogen) atoms. The number of H-pyrrole nitrogens is 1. The average molecular weight is 303 g/mol. The van der Waals surface area contributed by atoms with Gasteiger partial charge in [0.1, 0.15) is 0 Å². The van der Waals surface area contributed by atoms with Gasteiger partial charge < -0.3 is 15.3 Å². The Balaban J connectivity index is 2.35. The van der Waals surface area contributed by atoms with Gasteiger partial charge >= 0.3 is 6.18 Å². The highest BCUT2D eigenvalue weighted by Gasteiger charge is 2.30. The molecule has 0 fully saturated rings. The maximum Gasteiger partial charge on any atom is 0.416 e. The molecule has 0 spiro atoms. The van der Waals surface area contributed by atoms with Crippen LogP contribution in [0.4, 0.5) is 13.2 Å². The van der Waals surface area contributed by atoms with Crippen molar-refractivity contribution in [1.29, 1.82) is 0 Å². The lowest BCUT2D eigenvalue weighted by atomic mass is 10.2. The summed E-state index contributed by atoms with van der Waals surface area (Å²) in [5.41, 5.74) is 5.21. The van der Waals surface area contributed by atoms with Gasteiger partial charge in [-0.3, -0.25) is 4.79 Å². The van der Waals surface area contributed by atoms with Gasteiger partial charge in [0.05, 0.1) is 16.6 Å². The summed E-state index contributed by atoms with van der Waals surface area (Å²) in [7, 11) is 0. The van der Waals surface area contributed by atoms with E-state index in [1.165, 1.54) is 6.07 Å². The van der Waals surface area contributed by atoms with Crippen molar-refractivity contribution >= 4 is 29.2 Å². The van der Waals surface area contributed by atoms with Gasteiger partial charge in [0.15, 0.2) is 4.77 Å². The number of amides is 1. The molecule has 2 aromatic rings. The maximum absolute atomic E-state index is 12.6. The molecular formula is C12H12F3N3OS. The Bertz CT molecular complexity index is 702. The molecule has 1 amide bonds. The summed E-state index contributed by atoms with van der Waals surface area (Å²) in [6.07, 6.45) is -3.70. The highest BCUT2D eigenvalue weighted by molar-refractivity contribution is 7.71. The number of fused-ring (bicyclic) bond motifs is 1. The number of nitrogens with one attached hydrogen (secondary N) is 1. The van der Waals surface area contributed by atoms with Crippen LogP contribution in [-0.4, -0.2) is 15.5 Å². The highest BCUT2D eigenvalue weighted by atomic mass is 32.1. The number of aromatic nitrogens is 2. The normalized spacial score (nSPS) is 11.9. The molecule has 0 aliphatic carbocycles. The van der Waals surface area contributed by atoms with Crippen LogP contribution in [0.25, 0.3) is 11.0 Å². The van der Waals surface area contributed by atoms with Gasteiger partial charge in [-0.05, 0) is 36.8 Å². The molecule has 0 aliphatic rings. The van der Waals surface area contributed by atoms with Gasteiger partial charge in [-0.15, -0.1) is 0 Å². The molecule has 8 heteroatoms. The smallest absolute Gasteiger partial charge is 0.370 e. The Labute approximate surface area is 117 Å². The first-order valence-corrected chi connectivity index (χ1v) is 6.28. The number of rotatable bonds is 4. The number of aryl methyl sites for hydroxylation is 1. The number of imidazole rings is 1. The summed E-state index contributed by atoms with van der Waals surface area (Å²) in [6.45, 7) is 0.424. The van der Waals surface area contributed by atoms with E-state index in [-0.39, 0.29) is 6.42 Å². The molecule has 3 N–H and O–H groups in total. The Kier molecular flexibility index (Phi) is 3.85. The molecule has 1 aromatic carbocycles. The quantitative estimate of drug-likeness (QED) is 0.853. The lowest BCUT2D eigenvalue weighted by molar-refractivity contribution is -0.137. The second kappa shape index (κ2) is 5.28. The summed E-state index contributed by atoms with van der Waals surface area (Å²) in [4.78, 5) is 13.4. The van der Waals surface area contributed by atoms with Crippen molar-refractivity contribution in [3.8, 4) is 0 Å². The van der Waals surface area contributed by atoms with E-state index in [0.29, 0.717) is 28.8 Å². The minimum Gasteiger partial charge on any atom is -0.370 e. The number of nitrogens with zero attached hydrogens (tertiary/aromatic N) is 1. The molecule has 1 aromatic heterocycles. The molecule has 108 valence electrons. The van der Waals surface area contributed by atoms with Crippen LogP contribution >= 0.6 is 12.2 Å². The fraction of sp³-hybridized carbons (Fsp3) is 0.333. The Morgan fingerprint density at radius 1 is 1.40 bits per heavy atom. The molecule has 0 saturated carbocycles. The molecular weight excluding hydrogens is 291 g/mol. The van der Waals surface area contributed by atoms with Gasteiger partial charge in [0, 0.05) is 13.0 Å². The molecule has 0 aliphatic heterocycles. The number of hydrogen-bond acceptors (Lipinski definition) is 2. The monoisotopic (exact) mass is 303 g/mol. The average Bonchev–Trinajstić information content (AvgIpc) is 2.63. The minimum absolute atomic E-state index is 0.203. The van der Waals surface area contributed by atoms with E-state index >= 15 is 0 Å². The van der Waals surface area contributed by atoms with Gasteiger partial charge in [-0.2, -0.15) is 13.2 Å². The summed E-state index contributed by atoms with van der Waals surface area (Å²) in [5.74, 6) is -0.421. The molecule has 1 heterocycles. The zero-order chi connectivity index (χ0) is 14.9. The molecule has 2 rings (SSSR count). The Morgan fingerprint density at radius 2 is 2.10 bits per heavy atom. The van der Waals surface area contributed by atoms with E-state index in [9.17, 15) is 18.0 Å². The summed E-state index contributed by atoms with van der Waals surface area (Å²) < 4.78 is 39.8. The largest absolute Gasteiger partial charge is 0.416 e. The molecule has 0 unspecified atom stereocenters. The van der Waals surface area contributed by atoms with E-state index in [0.717, 1.165) is 12.1 Å². The number of hydrogen-bond donors (Lipinski definition) is 2. The van der Waals surface area contributed by atoms with Crippen LogP contribution in [0.1, 0.15) is 18.4 Å². The van der Waals surface area contributed by atoms with Crippen LogP contribution in [0.15, 0.2) is 18.2 Å². The second-order valence-electron chi connectivity index (χ2n) is 4.38. The predicted molar refractivity (Wildman–Crippen MR) is 70.6 cm³/mol. The molecule has 0 bridgehead atoms. The predicted octanol–water partition coefficient (Wildman–Crippen LogP) is 2.98. The summed E-state index contributed by atoms with van der Waals surface area (Å²) >= 11 is 5.08. The van der Waals surface area contributed by atoms with Crippen molar-refractivity contribution in [2.24, 2.45) is 5.73 Å². The van der Waals surface area contributed by atoms with E-state index in [2.05, 4.69) is 4.98 Å². The lowest BCUT2D eigenvalue weighted by Gasteiger charge is -2.07. The van der Waals surface area contributed by atoms with E-state index in [4.69, 9.17) is 18.0 Å². The van der Waals surface area contributed by atoms with Crippen molar-refractivity contribution < 1.29 is 18.0 Å². The molecule has 0 saturated heterocycles. The fourth-order valence-corrected chi connectivity index (χ4v) is 2.27. The highest BCUT2D eigenvalue weighted by Crippen LogP contribution is 2.31. The van der Waals surface area contributed by atoms with Crippen LogP contribution in [-0.2, 0) is 17.5 Å². The van der Waals surface area contributed by atoms with E-state index in [1.807, 2.05) is 0 Å². The van der Waals surface area contributed by atoms with E-state index < -0.39 is 17.6 Å². The van der Waals surface area contributed by atoms with Gasteiger partial charge in [0.25, 0.3) is 0 Å². The Hall–Kier alpha value is -1.83. The topological polar surface area (TPSA) is 63.8 Å². The Morgan fingerprint density at radius 3 is 2.70 bits per heavy atom. The zero-order valence-electron chi connectivity index (χ0n) is 10.3. The minimum atomic E-state index is -4.39. The number of primary amides is 1. The van der Waals surface area contributed by atoms with Crippen LogP contribution in [0, 0.1) is 4.77 Å². The molecule has 4 nitrogen and oxygen atoms in total. The van der Waals surface area contributed by atoms with Crippen LogP contribution in [0.2, 0.25) is 0 Å². The SMILES string of the molecule is NC(=O)CCCn1c(=S)[nH]c2cc(C(F)(F)F)ccc21. The fourth-order valence-electron chi connectivity index (χ4n) is 1.97. The summed E-state index contributed by atoms with van der Waals surface area (Å²) in [5, 5.41) is 0. The number of carbonyl (C=O) groups excluding carboxylic acids is 1. The van der Waals surface area contributed by atoms with Gasteiger partial charge in [-0.25, -0.2) is 0 Å². The number of carbonyl (C=O) groups is 1. The number of alkyl halides is 3. The van der Waals surface area contributed by atoms with Crippen molar-refractivity contribution in [1.82, 2.24) is 9.55 Å². The standard InChI is InChI=1S/C12H12F3N3OS/c13-12(14,15)7-3-4-9-8(6-7)17-11(20)18(9)5-1-2-10(16)19/h3-4,6H,1-2,5H2,(H2,16,19)(H,17,20). The van der Waals surface area contributed by atoms with Crippen molar-refractivity contribution in [2.45, 2.75) is 25.6 Å². The maximum atomic E-state index is 12.6. The van der Waals surface area contributed by atoms with Crippen LogP contribution in [0.3, 0.4) is 0 Å². The number of aromatic amines is 1. The first kappa shape index (κ1) is 14.6. The van der Waals surface area contributed by atoms with Crippen LogP contribution in [0.5, 0.6) is 0 Å². The number of benzene rings is 1. The van der Waals surface area contributed by atoms with Crippen molar-refractivity contribution in [3.05, 3.63) is 28.5 Å². The first-order chi connectivity index (χ1) is 9.29.